The molecule has 0 aromatic heterocycles. The fraction of sp³-hybridized carbons (Fsp3) is 1.00. The maximum Gasteiger partial charge on any atom is 0.0726 e. The smallest absolute Gasteiger partial charge is 0.0726 e. The first-order valence-electron chi connectivity index (χ1n) is 1.84. The average Bonchev–Trinajstić information content (AvgIpc) is 1.35. The third-order valence-corrected chi connectivity index (χ3v) is 0.981. The van der Waals surface area contributed by atoms with Crippen molar-refractivity contribution in [1.82, 2.24) is 0 Å². The van der Waals surface area contributed by atoms with Crippen LogP contribution >= 0.6 is 11.6 Å². The summed E-state index contributed by atoms with van der Waals surface area (Å²) in [6, 6.07) is 0. The van der Waals surface area contributed by atoms with Crippen molar-refractivity contribution in [3.63, 3.8) is 0 Å². The van der Waals surface area contributed by atoms with E-state index < -0.39 is 5.60 Å². The third kappa shape index (κ3) is 42.6. The van der Waals surface area contributed by atoms with Crippen molar-refractivity contribution >= 4 is 11.6 Å². The molecule has 5 nitrogen and oxygen atoms in total. The largest absolute Gasteiger partial charge is 0.412 e. The number of alkyl halides is 1. The van der Waals surface area contributed by atoms with Crippen LogP contribution in [0.25, 0.3) is 0 Å². The summed E-state index contributed by atoms with van der Waals surface area (Å²) in [5.74, 6) is 0.299. The van der Waals surface area contributed by atoms with Gasteiger partial charge in [0.15, 0.2) is 0 Å². The van der Waals surface area contributed by atoms with Gasteiger partial charge in [-0.25, -0.2) is 0 Å². The maximum absolute atomic E-state index is 8.69. The summed E-state index contributed by atoms with van der Waals surface area (Å²) in [4.78, 5) is 0. The normalized spacial score (nSPS) is 7.20. The minimum absolute atomic E-state index is 0. The molecular weight excluding hydrogens is 163 g/mol. The molecule has 0 radical (unpaired) electrons. The van der Waals surface area contributed by atoms with Crippen LogP contribution in [0.1, 0.15) is 13.8 Å². The highest BCUT2D eigenvalue weighted by Crippen LogP contribution is 2.00. The standard InChI is InChI=1S/C4H9ClO.4H2O/c1-4(2,6)3-5;;;;/h6H,3H2,1-2H3;4*1H2. The Morgan fingerprint density at radius 2 is 1.20 bits per heavy atom. The molecule has 0 heterocycles. The van der Waals surface area contributed by atoms with Crippen LogP contribution in [-0.4, -0.2) is 38.5 Å². The van der Waals surface area contributed by atoms with Gasteiger partial charge >= 0.3 is 0 Å². The Kier molecular flexibility index (Phi) is 38.1. The van der Waals surface area contributed by atoms with Crippen LogP contribution in [0.15, 0.2) is 0 Å². The van der Waals surface area contributed by atoms with Gasteiger partial charge in [-0.1, -0.05) is 0 Å². The summed E-state index contributed by atoms with van der Waals surface area (Å²) < 4.78 is 0. The molecule has 0 aliphatic carbocycles. The van der Waals surface area contributed by atoms with Crippen LogP contribution in [0.4, 0.5) is 0 Å². The second-order valence-electron chi connectivity index (χ2n) is 1.95. The topological polar surface area (TPSA) is 146 Å². The maximum atomic E-state index is 8.69. The van der Waals surface area contributed by atoms with Gasteiger partial charge in [0.2, 0.25) is 0 Å². The Labute approximate surface area is 64.9 Å². The van der Waals surface area contributed by atoms with Gasteiger partial charge in [-0.05, 0) is 13.8 Å². The Morgan fingerprint density at radius 3 is 1.20 bits per heavy atom. The van der Waals surface area contributed by atoms with E-state index >= 15 is 0 Å². The monoisotopic (exact) mass is 180 g/mol. The zero-order chi connectivity index (χ0) is 5.21. The first kappa shape index (κ1) is 32.2. The molecule has 0 saturated carbocycles. The Morgan fingerprint density at radius 1 is 1.10 bits per heavy atom. The lowest BCUT2D eigenvalue weighted by Crippen LogP contribution is -2.19. The van der Waals surface area contributed by atoms with Gasteiger partial charge in [-0.3, -0.25) is 0 Å². The van der Waals surface area contributed by atoms with E-state index in [1.54, 1.807) is 13.8 Å². The van der Waals surface area contributed by atoms with Crippen molar-refractivity contribution in [2.75, 3.05) is 5.88 Å². The summed E-state index contributed by atoms with van der Waals surface area (Å²) >= 11 is 5.23. The van der Waals surface area contributed by atoms with Crippen molar-refractivity contribution in [3.05, 3.63) is 0 Å². The highest BCUT2D eigenvalue weighted by Gasteiger charge is 2.07. The SMILES string of the molecule is CC(C)(O)CCl.O.O.O.O. The van der Waals surface area contributed by atoms with Gasteiger partial charge in [0.05, 0.1) is 11.5 Å². The van der Waals surface area contributed by atoms with E-state index in [1.165, 1.54) is 0 Å². The molecule has 0 atom stereocenters. The van der Waals surface area contributed by atoms with Crippen molar-refractivity contribution in [3.8, 4) is 0 Å². The molecule has 0 bridgehead atoms. The first-order chi connectivity index (χ1) is 2.56. The van der Waals surface area contributed by atoms with Gasteiger partial charge in [-0.2, -0.15) is 0 Å². The molecule has 0 aliphatic heterocycles. The Hall–Kier alpha value is 0.0900. The second-order valence-corrected chi connectivity index (χ2v) is 2.21. The number of rotatable bonds is 1. The van der Waals surface area contributed by atoms with E-state index in [2.05, 4.69) is 0 Å². The predicted molar refractivity (Wildman–Crippen MR) is 41.5 cm³/mol. The van der Waals surface area contributed by atoms with Gasteiger partial charge in [0.25, 0.3) is 0 Å². The van der Waals surface area contributed by atoms with E-state index in [0.29, 0.717) is 5.88 Å². The average molecular weight is 181 g/mol. The van der Waals surface area contributed by atoms with Crippen LogP contribution in [0.5, 0.6) is 0 Å². The summed E-state index contributed by atoms with van der Waals surface area (Å²) in [5.41, 5.74) is -0.693. The zero-order valence-corrected chi connectivity index (χ0v) is 6.79. The molecule has 70 valence electrons. The molecule has 0 spiro atoms. The molecular formula is C4H17ClO5. The lowest BCUT2D eigenvalue weighted by Gasteiger charge is -2.09. The molecule has 0 aliphatic rings. The minimum Gasteiger partial charge on any atom is -0.412 e. The predicted octanol–water partition coefficient (Wildman–Crippen LogP) is -2.30. The molecule has 0 unspecified atom stereocenters. The van der Waals surface area contributed by atoms with Gasteiger partial charge in [-0.15, -0.1) is 11.6 Å². The highest BCUT2D eigenvalue weighted by molar-refractivity contribution is 6.18. The molecule has 0 amide bonds. The minimum atomic E-state index is -0.693. The van der Waals surface area contributed by atoms with Crippen molar-refractivity contribution < 1.29 is 27.0 Å². The molecule has 10 heavy (non-hydrogen) atoms. The number of halogens is 1. The van der Waals surface area contributed by atoms with Gasteiger partial charge in [0, 0.05) is 0 Å². The number of hydrogen-bond acceptors (Lipinski definition) is 1. The Bertz CT molecular complexity index is 43.4. The van der Waals surface area contributed by atoms with E-state index in [9.17, 15) is 0 Å². The number of aliphatic hydroxyl groups is 1. The second kappa shape index (κ2) is 11.8. The lowest BCUT2D eigenvalue weighted by molar-refractivity contribution is 0.105. The fourth-order valence-corrected chi connectivity index (χ4v) is 0. The fourth-order valence-electron chi connectivity index (χ4n) is 0. The molecule has 6 heteroatoms. The van der Waals surface area contributed by atoms with Gasteiger partial charge in [0.1, 0.15) is 0 Å². The molecule has 9 N–H and O–H groups in total. The van der Waals surface area contributed by atoms with Crippen LogP contribution in [-0.2, 0) is 0 Å². The van der Waals surface area contributed by atoms with Crippen molar-refractivity contribution in [2.45, 2.75) is 19.4 Å². The molecule has 0 aromatic carbocycles. The number of hydrogen-bond donors (Lipinski definition) is 1. The van der Waals surface area contributed by atoms with E-state index in [1.807, 2.05) is 0 Å². The summed E-state index contributed by atoms with van der Waals surface area (Å²) in [6.07, 6.45) is 0. The summed E-state index contributed by atoms with van der Waals surface area (Å²) in [6.45, 7) is 3.33. The van der Waals surface area contributed by atoms with Crippen LogP contribution in [0, 0.1) is 0 Å². The van der Waals surface area contributed by atoms with E-state index in [-0.39, 0.29) is 21.9 Å². The highest BCUT2D eigenvalue weighted by atomic mass is 35.5. The van der Waals surface area contributed by atoms with Crippen molar-refractivity contribution in [1.29, 1.82) is 0 Å². The quantitative estimate of drug-likeness (QED) is 0.444. The molecule has 0 rings (SSSR count). The molecule has 0 fully saturated rings. The first-order valence-corrected chi connectivity index (χ1v) is 2.38. The third-order valence-electron chi connectivity index (χ3n) is 0.327. The van der Waals surface area contributed by atoms with Crippen LogP contribution in [0.3, 0.4) is 0 Å². The van der Waals surface area contributed by atoms with Crippen LogP contribution < -0.4 is 0 Å². The van der Waals surface area contributed by atoms with Crippen molar-refractivity contribution in [2.24, 2.45) is 0 Å². The summed E-state index contributed by atoms with van der Waals surface area (Å²) in [7, 11) is 0. The van der Waals surface area contributed by atoms with E-state index in [4.69, 9.17) is 16.7 Å². The lowest BCUT2D eigenvalue weighted by atomic mass is 10.2. The Balaban J connectivity index is -0.0000000208. The zero-order valence-electron chi connectivity index (χ0n) is 6.03. The van der Waals surface area contributed by atoms with E-state index in [0.717, 1.165) is 0 Å². The molecule has 0 saturated heterocycles. The molecule has 0 aromatic rings. The van der Waals surface area contributed by atoms with Gasteiger partial charge < -0.3 is 27.0 Å². The van der Waals surface area contributed by atoms with Crippen LogP contribution in [0.2, 0.25) is 0 Å². The summed E-state index contributed by atoms with van der Waals surface area (Å²) in [5, 5.41) is 8.69.